The van der Waals surface area contributed by atoms with E-state index in [1.807, 2.05) is 26.6 Å². The number of allylic oxidation sites excluding steroid dienone is 2. The Hall–Kier alpha value is -1.47. The molecule has 1 saturated carbocycles. The van der Waals surface area contributed by atoms with Crippen molar-refractivity contribution in [3.63, 3.8) is 0 Å². The predicted octanol–water partition coefficient (Wildman–Crippen LogP) is 4.73. The maximum absolute atomic E-state index is 12.6. The molecule has 1 fully saturated rings. The summed E-state index contributed by atoms with van der Waals surface area (Å²) in [4.78, 5) is 24.6. The standard InChI is InChI=1S/C16H21O3P.C4H8/c1-6-12(14(17)9-20-5)15(18)13-8-7-10(2)16(19-4)11(13)3;1-4-2-3-4/h6-8,20H,9H2,1-5H3;4H,2-3H2,1H3/b12-6-;. The quantitative estimate of drug-likeness (QED) is 0.245. The molecule has 0 radical (unpaired) electrons. The van der Waals surface area contributed by atoms with Crippen LogP contribution >= 0.6 is 8.58 Å². The smallest absolute Gasteiger partial charge is 0.196 e. The van der Waals surface area contributed by atoms with Crippen LogP contribution in [-0.4, -0.2) is 31.5 Å². The molecule has 0 aromatic heterocycles. The molecule has 1 atom stereocenters. The van der Waals surface area contributed by atoms with Gasteiger partial charge < -0.3 is 4.74 Å². The van der Waals surface area contributed by atoms with Gasteiger partial charge in [0.05, 0.1) is 12.7 Å². The monoisotopic (exact) mass is 348 g/mol. The molecule has 0 N–H and O–H groups in total. The first-order chi connectivity index (χ1) is 11.4. The molecule has 3 nitrogen and oxygen atoms in total. The Labute approximate surface area is 147 Å². The largest absolute Gasteiger partial charge is 0.496 e. The molecule has 0 aliphatic heterocycles. The molecular formula is C20H29O3P. The fourth-order valence-corrected chi connectivity index (χ4v) is 2.88. The first-order valence-electron chi connectivity index (χ1n) is 8.40. The van der Waals surface area contributed by atoms with Gasteiger partial charge in [-0.15, -0.1) is 8.58 Å². The number of benzene rings is 1. The van der Waals surface area contributed by atoms with Crippen molar-refractivity contribution in [2.45, 2.75) is 40.5 Å². The van der Waals surface area contributed by atoms with Crippen molar-refractivity contribution in [1.29, 1.82) is 0 Å². The van der Waals surface area contributed by atoms with Gasteiger partial charge in [0.25, 0.3) is 0 Å². The summed E-state index contributed by atoms with van der Waals surface area (Å²) in [7, 11) is 2.10. The molecule has 24 heavy (non-hydrogen) atoms. The number of rotatable bonds is 6. The van der Waals surface area contributed by atoms with Crippen molar-refractivity contribution in [2.24, 2.45) is 5.92 Å². The Morgan fingerprint density at radius 2 is 1.88 bits per heavy atom. The summed E-state index contributed by atoms with van der Waals surface area (Å²) in [6, 6.07) is 3.61. The van der Waals surface area contributed by atoms with Gasteiger partial charge in [0.1, 0.15) is 5.75 Å². The van der Waals surface area contributed by atoms with E-state index in [0.29, 0.717) is 26.1 Å². The van der Waals surface area contributed by atoms with Crippen LogP contribution in [0.4, 0.5) is 0 Å². The normalized spacial score (nSPS) is 14.3. The Balaban J connectivity index is 0.000000624. The maximum atomic E-state index is 12.6. The molecule has 1 aliphatic carbocycles. The van der Waals surface area contributed by atoms with E-state index in [9.17, 15) is 9.59 Å². The third-order valence-electron chi connectivity index (χ3n) is 4.09. The van der Waals surface area contributed by atoms with Crippen LogP contribution in [0.1, 0.15) is 48.2 Å². The SMILES string of the molecule is C/C=C(/C(=O)CPC)C(=O)c1ccc(C)c(OC)c1C.CC1CC1. The van der Waals surface area contributed by atoms with Gasteiger partial charge in [0.15, 0.2) is 11.6 Å². The first-order valence-corrected chi connectivity index (χ1v) is 10.1. The molecule has 1 aromatic rings. The summed E-state index contributed by atoms with van der Waals surface area (Å²) in [5.41, 5.74) is 2.57. The number of hydrogen-bond donors (Lipinski definition) is 0. The molecule has 1 unspecified atom stereocenters. The first kappa shape index (κ1) is 20.6. The van der Waals surface area contributed by atoms with Gasteiger partial charge in [-0.2, -0.15) is 0 Å². The minimum atomic E-state index is -0.216. The van der Waals surface area contributed by atoms with Gasteiger partial charge in [0.2, 0.25) is 0 Å². The van der Waals surface area contributed by atoms with E-state index >= 15 is 0 Å². The van der Waals surface area contributed by atoms with E-state index in [2.05, 4.69) is 6.92 Å². The average Bonchev–Trinajstić information content (AvgIpc) is 3.31. The van der Waals surface area contributed by atoms with Crippen LogP contribution in [0.2, 0.25) is 0 Å². The molecule has 0 saturated heterocycles. The van der Waals surface area contributed by atoms with Crippen LogP contribution in [0.3, 0.4) is 0 Å². The van der Waals surface area contributed by atoms with Gasteiger partial charge in [0, 0.05) is 17.3 Å². The lowest BCUT2D eigenvalue weighted by Gasteiger charge is -2.13. The number of carbonyl (C=O) groups is 2. The highest BCUT2D eigenvalue weighted by molar-refractivity contribution is 7.38. The van der Waals surface area contributed by atoms with E-state index in [1.54, 1.807) is 26.2 Å². The summed E-state index contributed by atoms with van der Waals surface area (Å²) >= 11 is 0. The highest BCUT2D eigenvalue weighted by Gasteiger charge is 2.21. The lowest BCUT2D eigenvalue weighted by Crippen LogP contribution is -2.16. The van der Waals surface area contributed by atoms with E-state index in [1.165, 1.54) is 12.8 Å². The molecule has 0 bridgehead atoms. The number of aryl methyl sites for hydroxylation is 1. The summed E-state index contributed by atoms with van der Waals surface area (Å²) in [6.07, 6.45) is 5.00. The van der Waals surface area contributed by atoms with Gasteiger partial charge in [-0.3, -0.25) is 9.59 Å². The Kier molecular flexibility index (Phi) is 8.35. The van der Waals surface area contributed by atoms with E-state index in [0.717, 1.165) is 17.0 Å². The van der Waals surface area contributed by atoms with Crippen LogP contribution in [0.5, 0.6) is 5.75 Å². The van der Waals surface area contributed by atoms with Crippen LogP contribution < -0.4 is 4.74 Å². The molecule has 0 spiro atoms. The zero-order chi connectivity index (χ0) is 18.3. The topological polar surface area (TPSA) is 43.4 Å². The maximum Gasteiger partial charge on any atom is 0.196 e. The molecule has 0 amide bonds. The van der Waals surface area contributed by atoms with Crippen LogP contribution in [0.25, 0.3) is 0 Å². The molecule has 1 aromatic carbocycles. The van der Waals surface area contributed by atoms with Crippen LogP contribution in [0.15, 0.2) is 23.8 Å². The van der Waals surface area contributed by atoms with E-state index in [4.69, 9.17) is 4.74 Å². The van der Waals surface area contributed by atoms with Crippen molar-refractivity contribution in [2.75, 3.05) is 19.9 Å². The molecule has 0 heterocycles. The third kappa shape index (κ3) is 5.56. The van der Waals surface area contributed by atoms with E-state index in [-0.39, 0.29) is 17.1 Å². The lowest BCUT2D eigenvalue weighted by molar-refractivity contribution is -0.112. The summed E-state index contributed by atoms with van der Waals surface area (Å²) in [5.74, 6) is 1.49. The number of ketones is 2. The second kappa shape index (κ2) is 9.74. The second-order valence-corrected chi connectivity index (χ2v) is 7.32. The number of methoxy groups -OCH3 is 1. The van der Waals surface area contributed by atoms with Crippen molar-refractivity contribution >= 4 is 20.1 Å². The third-order valence-corrected chi connectivity index (χ3v) is 4.76. The highest BCUT2D eigenvalue weighted by atomic mass is 31.1. The van der Waals surface area contributed by atoms with Gasteiger partial charge in [-0.05, 0) is 38.9 Å². The minimum Gasteiger partial charge on any atom is -0.496 e. The highest BCUT2D eigenvalue weighted by Crippen LogP contribution is 2.28. The molecular weight excluding hydrogens is 319 g/mol. The van der Waals surface area contributed by atoms with Crippen LogP contribution in [0, 0.1) is 19.8 Å². The fourth-order valence-electron chi connectivity index (χ4n) is 2.37. The molecule has 132 valence electrons. The zero-order valence-electron chi connectivity index (χ0n) is 15.7. The van der Waals surface area contributed by atoms with Crippen molar-refractivity contribution in [1.82, 2.24) is 0 Å². The minimum absolute atomic E-state index is 0.0859. The van der Waals surface area contributed by atoms with Gasteiger partial charge >= 0.3 is 0 Å². The van der Waals surface area contributed by atoms with Crippen LogP contribution in [-0.2, 0) is 4.79 Å². The average molecular weight is 348 g/mol. The predicted molar refractivity (Wildman–Crippen MR) is 103 cm³/mol. The Morgan fingerprint density at radius 1 is 1.29 bits per heavy atom. The zero-order valence-corrected chi connectivity index (χ0v) is 16.7. The summed E-state index contributed by atoms with van der Waals surface area (Å²) < 4.78 is 5.33. The van der Waals surface area contributed by atoms with Gasteiger partial charge in [-0.25, -0.2) is 0 Å². The molecule has 2 rings (SSSR count). The summed E-state index contributed by atoms with van der Waals surface area (Å²) in [6.45, 7) is 9.74. The second-order valence-electron chi connectivity index (χ2n) is 6.26. The fraction of sp³-hybridized carbons (Fsp3) is 0.500. The number of hydrogen-bond acceptors (Lipinski definition) is 3. The Morgan fingerprint density at radius 3 is 2.29 bits per heavy atom. The van der Waals surface area contributed by atoms with E-state index < -0.39 is 0 Å². The van der Waals surface area contributed by atoms with Gasteiger partial charge in [-0.1, -0.05) is 38.0 Å². The number of carbonyl (C=O) groups excluding carboxylic acids is 2. The van der Waals surface area contributed by atoms with Crippen molar-refractivity contribution < 1.29 is 14.3 Å². The number of Topliss-reactive ketones (excluding diaryl/α,β-unsaturated/α-hetero) is 2. The summed E-state index contributed by atoms with van der Waals surface area (Å²) in [5, 5.41) is 0. The number of ether oxygens (including phenoxy) is 1. The van der Waals surface area contributed by atoms with Crippen molar-refractivity contribution in [3.05, 3.63) is 40.5 Å². The lowest BCUT2D eigenvalue weighted by atomic mass is 9.95. The molecule has 1 aliphatic rings. The Bertz CT molecular complexity index is 628. The molecule has 4 heteroatoms. The van der Waals surface area contributed by atoms with Crippen molar-refractivity contribution in [3.8, 4) is 5.75 Å².